The third-order valence-electron chi connectivity index (χ3n) is 2.60. The van der Waals surface area contributed by atoms with Crippen molar-refractivity contribution >= 4 is 16.8 Å². The van der Waals surface area contributed by atoms with Crippen LogP contribution in [-0.2, 0) is 0 Å². The summed E-state index contributed by atoms with van der Waals surface area (Å²) in [7, 11) is 0. The number of fused-ring (bicyclic) bond motifs is 1. The van der Waals surface area contributed by atoms with Crippen molar-refractivity contribution in [1.82, 2.24) is 4.98 Å². The Balaban J connectivity index is 2.19. The van der Waals surface area contributed by atoms with Crippen molar-refractivity contribution in [3.8, 4) is 17.2 Å². The molecule has 3 N–H and O–H groups in total. The van der Waals surface area contributed by atoms with Crippen molar-refractivity contribution < 1.29 is 13.9 Å². The van der Waals surface area contributed by atoms with Gasteiger partial charge in [0.15, 0.2) is 5.58 Å². The van der Waals surface area contributed by atoms with E-state index in [9.17, 15) is 9.50 Å². The molecule has 3 rings (SSSR count). The molecule has 1 aromatic heterocycles. The number of rotatable bonds is 1. The van der Waals surface area contributed by atoms with Crippen LogP contribution in [0.3, 0.4) is 0 Å². The maximum atomic E-state index is 13.0. The number of aromatic hydroxyl groups is 1. The second kappa shape index (κ2) is 3.73. The van der Waals surface area contributed by atoms with E-state index in [1.807, 2.05) is 0 Å². The number of anilines is 1. The molecule has 18 heavy (non-hydrogen) atoms. The molecule has 0 bridgehead atoms. The second-order valence-corrected chi connectivity index (χ2v) is 3.91. The van der Waals surface area contributed by atoms with Gasteiger partial charge >= 0.3 is 0 Å². The fourth-order valence-electron chi connectivity index (χ4n) is 1.75. The van der Waals surface area contributed by atoms with Crippen molar-refractivity contribution in [3.05, 3.63) is 42.2 Å². The molecule has 90 valence electrons. The minimum Gasteiger partial charge on any atom is -0.507 e. The fourth-order valence-corrected chi connectivity index (χ4v) is 1.75. The molecule has 0 unspecified atom stereocenters. The van der Waals surface area contributed by atoms with Crippen LogP contribution >= 0.6 is 0 Å². The molecular weight excluding hydrogens is 235 g/mol. The van der Waals surface area contributed by atoms with Crippen LogP contribution in [0.4, 0.5) is 10.1 Å². The fraction of sp³-hybridized carbons (Fsp3) is 0. The van der Waals surface area contributed by atoms with Gasteiger partial charge in [-0.05, 0) is 24.3 Å². The Bertz CT molecular complexity index is 737. The van der Waals surface area contributed by atoms with Crippen LogP contribution in [0.1, 0.15) is 0 Å². The standard InChI is InChI=1S/C13H9FN2O2/c14-7-1-4-12-10(5-7)16-13(18-12)9-3-2-8(15)6-11(9)17/h1-6,17H,15H2. The summed E-state index contributed by atoms with van der Waals surface area (Å²) in [5, 5.41) is 9.77. The lowest BCUT2D eigenvalue weighted by molar-refractivity contribution is 0.474. The first-order chi connectivity index (χ1) is 8.63. The summed E-state index contributed by atoms with van der Waals surface area (Å²) >= 11 is 0. The minimum atomic E-state index is -0.385. The van der Waals surface area contributed by atoms with Gasteiger partial charge in [0, 0.05) is 17.8 Å². The zero-order chi connectivity index (χ0) is 12.7. The highest BCUT2D eigenvalue weighted by Gasteiger charge is 2.12. The summed E-state index contributed by atoms with van der Waals surface area (Å²) in [6.45, 7) is 0. The number of phenols is 1. The van der Waals surface area contributed by atoms with Crippen molar-refractivity contribution in [2.45, 2.75) is 0 Å². The summed E-state index contributed by atoms with van der Waals surface area (Å²) in [5.74, 6) is -0.181. The summed E-state index contributed by atoms with van der Waals surface area (Å²) in [5.41, 5.74) is 7.27. The average Bonchev–Trinajstić information content (AvgIpc) is 2.71. The topological polar surface area (TPSA) is 72.3 Å². The normalized spacial score (nSPS) is 10.9. The predicted molar refractivity (Wildman–Crippen MR) is 65.5 cm³/mol. The number of nitrogens with two attached hydrogens (primary N) is 1. The van der Waals surface area contributed by atoms with E-state index in [1.54, 1.807) is 12.1 Å². The molecule has 0 fully saturated rings. The highest BCUT2D eigenvalue weighted by molar-refractivity contribution is 5.78. The lowest BCUT2D eigenvalue weighted by Crippen LogP contribution is -1.85. The van der Waals surface area contributed by atoms with Gasteiger partial charge in [0.05, 0.1) is 5.56 Å². The lowest BCUT2D eigenvalue weighted by Gasteiger charge is -2.00. The van der Waals surface area contributed by atoms with E-state index >= 15 is 0 Å². The molecule has 0 atom stereocenters. The molecule has 0 saturated carbocycles. The molecule has 2 aromatic carbocycles. The molecule has 0 spiro atoms. The summed E-state index contributed by atoms with van der Waals surface area (Å²) in [6.07, 6.45) is 0. The molecule has 0 saturated heterocycles. The van der Waals surface area contributed by atoms with Crippen LogP contribution in [0.5, 0.6) is 5.75 Å². The van der Waals surface area contributed by atoms with Gasteiger partial charge in [0.1, 0.15) is 17.1 Å². The van der Waals surface area contributed by atoms with Crippen molar-refractivity contribution in [2.24, 2.45) is 0 Å². The van der Waals surface area contributed by atoms with Gasteiger partial charge in [0.25, 0.3) is 0 Å². The molecule has 0 aliphatic heterocycles. The maximum absolute atomic E-state index is 13.0. The van der Waals surface area contributed by atoms with Gasteiger partial charge in [-0.2, -0.15) is 0 Å². The largest absolute Gasteiger partial charge is 0.507 e. The van der Waals surface area contributed by atoms with Gasteiger partial charge in [-0.15, -0.1) is 0 Å². The molecule has 0 aliphatic rings. The van der Waals surface area contributed by atoms with E-state index in [-0.39, 0.29) is 17.5 Å². The average molecular weight is 244 g/mol. The Morgan fingerprint density at radius 1 is 1.17 bits per heavy atom. The van der Waals surface area contributed by atoms with Crippen LogP contribution in [0.15, 0.2) is 40.8 Å². The molecule has 5 heteroatoms. The van der Waals surface area contributed by atoms with E-state index in [2.05, 4.69) is 4.98 Å². The minimum absolute atomic E-state index is 0.0259. The molecule has 4 nitrogen and oxygen atoms in total. The first-order valence-corrected chi connectivity index (χ1v) is 5.28. The highest BCUT2D eigenvalue weighted by atomic mass is 19.1. The Labute approximate surface area is 101 Å². The van der Waals surface area contributed by atoms with E-state index in [0.717, 1.165) is 0 Å². The Kier molecular flexibility index (Phi) is 2.19. The predicted octanol–water partition coefficient (Wildman–Crippen LogP) is 2.92. The zero-order valence-corrected chi connectivity index (χ0v) is 9.22. The van der Waals surface area contributed by atoms with Gasteiger partial charge in [0.2, 0.25) is 5.89 Å². The Morgan fingerprint density at radius 3 is 2.78 bits per heavy atom. The Hall–Kier alpha value is -2.56. The quantitative estimate of drug-likeness (QED) is 0.645. The first kappa shape index (κ1) is 10.6. The van der Waals surface area contributed by atoms with E-state index in [4.69, 9.17) is 10.2 Å². The molecular formula is C13H9FN2O2. The van der Waals surface area contributed by atoms with Crippen LogP contribution in [-0.4, -0.2) is 10.1 Å². The number of oxazole rings is 1. The third kappa shape index (κ3) is 1.66. The van der Waals surface area contributed by atoms with Crippen LogP contribution < -0.4 is 5.73 Å². The van der Waals surface area contributed by atoms with Crippen molar-refractivity contribution in [3.63, 3.8) is 0 Å². The summed E-state index contributed by atoms with van der Waals surface area (Å²) in [6, 6.07) is 8.70. The lowest BCUT2D eigenvalue weighted by atomic mass is 10.2. The third-order valence-corrected chi connectivity index (χ3v) is 2.60. The monoisotopic (exact) mass is 244 g/mol. The second-order valence-electron chi connectivity index (χ2n) is 3.91. The SMILES string of the molecule is Nc1ccc(-c2nc3cc(F)ccc3o2)c(O)c1. The van der Waals surface area contributed by atoms with Crippen LogP contribution in [0.2, 0.25) is 0 Å². The number of phenolic OH excluding ortho intramolecular Hbond substituents is 1. The number of nitrogens with zero attached hydrogens (tertiary/aromatic N) is 1. The number of halogens is 1. The maximum Gasteiger partial charge on any atom is 0.231 e. The zero-order valence-electron chi connectivity index (χ0n) is 9.22. The van der Waals surface area contributed by atoms with E-state index < -0.39 is 0 Å². The van der Waals surface area contributed by atoms with Gasteiger partial charge in [-0.1, -0.05) is 0 Å². The molecule has 0 aliphatic carbocycles. The van der Waals surface area contributed by atoms with Gasteiger partial charge in [-0.3, -0.25) is 0 Å². The molecule has 3 aromatic rings. The van der Waals surface area contributed by atoms with Crippen molar-refractivity contribution in [1.29, 1.82) is 0 Å². The Morgan fingerprint density at radius 2 is 2.00 bits per heavy atom. The smallest absolute Gasteiger partial charge is 0.231 e. The summed E-state index contributed by atoms with van der Waals surface area (Å²) < 4.78 is 18.5. The van der Waals surface area contributed by atoms with E-state index in [0.29, 0.717) is 22.4 Å². The number of benzene rings is 2. The highest BCUT2D eigenvalue weighted by Crippen LogP contribution is 2.32. The van der Waals surface area contributed by atoms with Crippen LogP contribution in [0, 0.1) is 5.82 Å². The van der Waals surface area contributed by atoms with Gasteiger partial charge < -0.3 is 15.3 Å². The first-order valence-electron chi connectivity index (χ1n) is 5.28. The van der Waals surface area contributed by atoms with Crippen molar-refractivity contribution in [2.75, 3.05) is 5.73 Å². The number of aromatic nitrogens is 1. The summed E-state index contributed by atoms with van der Waals surface area (Å²) in [4.78, 5) is 4.13. The molecule has 0 radical (unpaired) electrons. The number of hydrogen-bond donors (Lipinski definition) is 2. The van der Waals surface area contributed by atoms with Crippen LogP contribution in [0.25, 0.3) is 22.6 Å². The molecule has 1 heterocycles. The van der Waals surface area contributed by atoms with Gasteiger partial charge in [-0.25, -0.2) is 9.37 Å². The molecule has 0 amide bonds. The number of nitrogen functional groups attached to an aromatic ring is 1. The number of hydrogen-bond acceptors (Lipinski definition) is 4. The van der Waals surface area contributed by atoms with E-state index in [1.165, 1.54) is 24.3 Å².